The number of carbonyl (C=O) groups is 1. The second kappa shape index (κ2) is 6.26. The molecule has 1 aromatic carbocycles. The minimum atomic E-state index is -3.40. The van der Waals surface area contributed by atoms with E-state index in [2.05, 4.69) is 0 Å². The number of rotatable bonds is 5. The van der Waals surface area contributed by atoms with Gasteiger partial charge in [-0.25, -0.2) is 8.42 Å². The number of likely N-dealkylation sites (N-methyl/N-ethyl adjacent to an activating group) is 1. The van der Waals surface area contributed by atoms with E-state index in [-0.39, 0.29) is 22.5 Å². The molecule has 0 radical (unpaired) electrons. The van der Waals surface area contributed by atoms with Crippen molar-refractivity contribution < 1.29 is 17.9 Å². The number of fused-ring (bicyclic) bond motifs is 1. The highest BCUT2D eigenvalue weighted by Gasteiger charge is 2.35. The molecule has 0 spiro atoms. The molecular formula is C15H22N2O4S. The molecule has 7 heteroatoms. The van der Waals surface area contributed by atoms with Gasteiger partial charge in [0, 0.05) is 7.05 Å². The Balaban J connectivity index is 2.39. The molecule has 22 heavy (non-hydrogen) atoms. The minimum absolute atomic E-state index is 0.00454. The summed E-state index contributed by atoms with van der Waals surface area (Å²) in [5.74, 6) is 0.392. The molecule has 1 amide bonds. The van der Waals surface area contributed by atoms with Crippen LogP contribution in [0.5, 0.6) is 5.75 Å². The first-order valence-electron chi connectivity index (χ1n) is 7.29. The van der Waals surface area contributed by atoms with Gasteiger partial charge in [-0.15, -0.1) is 0 Å². The summed E-state index contributed by atoms with van der Waals surface area (Å²) >= 11 is 0. The zero-order valence-electron chi connectivity index (χ0n) is 13.1. The lowest BCUT2D eigenvalue weighted by molar-refractivity contribution is -0.127. The SMILES string of the molecule is CC(C)C1Oc2ccc(S(=O)(=O)CCCN)cc2N(C)C1=O. The molecule has 0 aromatic heterocycles. The number of sulfone groups is 1. The highest BCUT2D eigenvalue weighted by Crippen LogP contribution is 2.36. The van der Waals surface area contributed by atoms with E-state index in [1.54, 1.807) is 13.1 Å². The molecule has 2 rings (SSSR count). The van der Waals surface area contributed by atoms with E-state index in [0.717, 1.165) is 0 Å². The van der Waals surface area contributed by atoms with E-state index in [1.807, 2.05) is 13.8 Å². The Labute approximate surface area is 131 Å². The van der Waals surface area contributed by atoms with Crippen LogP contribution in [0.4, 0.5) is 5.69 Å². The third-order valence-electron chi connectivity index (χ3n) is 3.70. The van der Waals surface area contributed by atoms with Crippen LogP contribution < -0.4 is 15.4 Å². The van der Waals surface area contributed by atoms with Gasteiger partial charge >= 0.3 is 0 Å². The molecular weight excluding hydrogens is 304 g/mol. The first kappa shape index (κ1) is 16.8. The normalized spacial score (nSPS) is 18.3. The van der Waals surface area contributed by atoms with Gasteiger partial charge in [-0.05, 0) is 37.1 Å². The largest absolute Gasteiger partial charge is 0.478 e. The quantitative estimate of drug-likeness (QED) is 0.878. The Morgan fingerprint density at radius 3 is 2.64 bits per heavy atom. The average Bonchev–Trinajstić information content (AvgIpc) is 2.48. The monoisotopic (exact) mass is 326 g/mol. The highest BCUT2D eigenvalue weighted by molar-refractivity contribution is 7.91. The Morgan fingerprint density at radius 2 is 2.05 bits per heavy atom. The van der Waals surface area contributed by atoms with Crippen LogP contribution in [-0.4, -0.2) is 39.8 Å². The highest BCUT2D eigenvalue weighted by atomic mass is 32.2. The molecule has 0 saturated heterocycles. The van der Waals surface area contributed by atoms with Gasteiger partial charge in [0.1, 0.15) is 5.75 Å². The van der Waals surface area contributed by atoms with Gasteiger partial charge in [-0.1, -0.05) is 13.8 Å². The summed E-state index contributed by atoms with van der Waals surface area (Å²) < 4.78 is 30.2. The maximum Gasteiger partial charge on any atom is 0.268 e. The Hall–Kier alpha value is -1.60. The summed E-state index contributed by atoms with van der Waals surface area (Å²) in [5, 5.41) is 0. The lowest BCUT2D eigenvalue weighted by Gasteiger charge is -2.34. The first-order valence-corrected chi connectivity index (χ1v) is 8.94. The first-order chi connectivity index (χ1) is 10.3. The van der Waals surface area contributed by atoms with Crippen LogP contribution in [0.1, 0.15) is 20.3 Å². The number of benzene rings is 1. The van der Waals surface area contributed by atoms with E-state index in [4.69, 9.17) is 10.5 Å². The van der Waals surface area contributed by atoms with Crippen molar-refractivity contribution in [1.29, 1.82) is 0 Å². The molecule has 122 valence electrons. The number of hydrogen-bond acceptors (Lipinski definition) is 5. The predicted molar refractivity (Wildman–Crippen MR) is 84.8 cm³/mol. The Morgan fingerprint density at radius 1 is 1.36 bits per heavy atom. The molecule has 1 aliphatic rings. The lowest BCUT2D eigenvalue weighted by Crippen LogP contribution is -2.46. The molecule has 2 N–H and O–H groups in total. The van der Waals surface area contributed by atoms with Gasteiger partial charge in [0.15, 0.2) is 15.9 Å². The average molecular weight is 326 g/mol. The molecule has 0 saturated carbocycles. The van der Waals surface area contributed by atoms with Crippen molar-refractivity contribution >= 4 is 21.4 Å². The van der Waals surface area contributed by atoms with E-state index in [1.165, 1.54) is 17.0 Å². The van der Waals surface area contributed by atoms with Crippen molar-refractivity contribution in [3.63, 3.8) is 0 Å². The standard InChI is InChI=1S/C15H22N2O4S/c1-10(2)14-15(18)17(3)12-9-11(5-6-13(12)21-14)22(19,20)8-4-7-16/h5-6,9-10,14H,4,7-8,16H2,1-3H3. The van der Waals surface area contributed by atoms with E-state index in [0.29, 0.717) is 24.4 Å². The van der Waals surface area contributed by atoms with Crippen molar-refractivity contribution in [2.75, 3.05) is 24.2 Å². The number of amides is 1. The summed E-state index contributed by atoms with van der Waals surface area (Å²) in [6, 6.07) is 4.63. The van der Waals surface area contributed by atoms with Crippen molar-refractivity contribution in [2.45, 2.75) is 31.3 Å². The molecule has 0 bridgehead atoms. The number of carbonyl (C=O) groups excluding carboxylic acids is 1. The third kappa shape index (κ3) is 3.10. The fourth-order valence-corrected chi connectivity index (χ4v) is 3.71. The molecule has 1 aromatic rings. The summed E-state index contributed by atoms with van der Waals surface area (Å²) in [4.78, 5) is 13.9. The molecule has 1 heterocycles. The maximum atomic E-state index is 12.3. The van der Waals surface area contributed by atoms with Crippen molar-refractivity contribution in [3.05, 3.63) is 18.2 Å². The molecule has 1 unspecified atom stereocenters. The summed E-state index contributed by atoms with van der Waals surface area (Å²) in [5.41, 5.74) is 5.85. The third-order valence-corrected chi connectivity index (χ3v) is 5.50. The molecule has 0 fully saturated rings. The van der Waals surface area contributed by atoms with Crippen LogP contribution in [0.15, 0.2) is 23.1 Å². The van der Waals surface area contributed by atoms with Crippen molar-refractivity contribution in [1.82, 2.24) is 0 Å². The van der Waals surface area contributed by atoms with E-state index >= 15 is 0 Å². The van der Waals surface area contributed by atoms with Crippen molar-refractivity contribution in [2.24, 2.45) is 11.7 Å². The smallest absolute Gasteiger partial charge is 0.268 e. The zero-order chi connectivity index (χ0) is 16.5. The van der Waals surface area contributed by atoms with Crippen LogP contribution in [0.2, 0.25) is 0 Å². The van der Waals surface area contributed by atoms with E-state index < -0.39 is 15.9 Å². The fourth-order valence-electron chi connectivity index (χ4n) is 2.36. The lowest BCUT2D eigenvalue weighted by atomic mass is 10.0. The van der Waals surface area contributed by atoms with Gasteiger partial charge in [0.05, 0.1) is 16.3 Å². The summed E-state index contributed by atoms with van der Waals surface area (Å²) in [7, 11) is -1.77. The van der Waals surface area contributed by atoms with Gasteiger partial charge in [0.2, 0.25) is 0 Å². The Kier molecular flexibility index (Phi) is 4.77. The maximum absolute atomic E-state index is 12.3. The number of anilines is 1. The minimum Gasteiger partial charge on any atom is -0.478 e. The van der Waals surface area contributed by atoms with Gasteiger partial charge < -0.3 is 15.4 Å². The van der Waals surface area contributed by atoms with Crippen LogP contribution in [0.3, 0.4) is 0 Å². The number of ether oxygens (including phenoxy) is 1. The Bertz CT molecular complexity index is 670. The summed E-state index contributed by atoms with van der Waals surface area (Å²) in [6.45, 7) is 4.14. The van der Waals surface area contributed by atoms with Crippen LogP contribution in [0.25, 0.3) is 0 Å². The van der Waals surface area contributed by atoms with Crippen LogP contribution in [0, 0.1) is 5.92 Å². The number of nitrogens with zero attached hydrogens (tertiary/aromatic N) is 1. The van der Waals surface area contributed by atoms with Gasteiger partial charge in [0.25, 0.3) is 5.91 Å². The van der Waals surface area contributed by atoms with E-state index in [9.17, 15) is 13.2 Å². The fraction of sp³-hybridized carbons (Fsp3) is 0.533. The molecule has 1 aliphatic heterocycles. The van der Waals surface area contributed by atoms with Crippen LogP contribution >= 0.6 is 0 Å². The number of nitrogens with two attached hydrogens (primary N) is 1. The second-order valence-corrected chi connectivity index (χ2v) is 7.88. The number of hydrogen-bond donors (Lipinski definition) is 1. The molecule has 6 nitrogen and oxygen atoms in total. The molecule has 0 aliphatic carbocycles. The van der Waals surface area contributed by atoms with Gasteiger partial charge in [-0.3, -0.25) is 4.79 Å². The summed E-state index contributed by atoms with van der Waals surface area (Å²) in [6.07, 6.45) is -0.141. The van der Waals surface area contributed by atoms with Crippen LogP contribution in [-0.2, 0) is 14.6 Å². The molecule has 1 atom stereocenters. The topological polar surface area (TPSA) is 89.7 Å². The van der Waals surface area contributed by atoms with Crippen molar-refractivity contribution in [3.8, 4) is 5.75 Å². The predicted octanol–water partition coefficient (Wildman–Crippen LogP) is 1.19. The second-order valence-electron chi connectivity index (χ2n) is 5.77. The zero-order valence-corrected chi connectivity index (χ0v) is 13.9. The van der Waals surface area contributed by atoms with Gasteiger partial charge in [-0.2, -0.15) is 0 Å².